The molecule has 0 spiro atoms. The minimum atomic E-state index is -0.357. The molecule has 150 valence electrons. The molecule has 0 bridgehead atoms. The largest absolute Gasteiger partial charge is 0.495 e. The molecule has 0 saturated carbocycles. The molecule has 9 heteroatoms. The van der Waals surface area contributed by atoms with E-state index in [4.69, 9.17) is 16.3 Å². The summed E-state index contributed by atoms with van der Waals surface area (Å²) >= 11 is 5.97. The van der Waals surface area contributed by atoms with Crippen molar-refractivity contribution in [3.05, 3.63) is 71.3 Å². The van der Waals surface area contributed by atoms with E-state index in [2.05, 4.69) is 15.4 Å². The third-order valence-electron chi connectivity index (χ3n) is 4.18. The van der Waals surface area contributed by atoms with E-state index < -0.39 is 0 Å². The molecule has 2 amide bonds. The minimum Gasteiger partial charge on any atom is -0.495 e. The number of aromatic nitrogens is 3. The fraction of sp³-hybridized carbons (Fsp3) is 0.200. The highest BCUT2D eigenvalue weighted by Gasteiger charge is 2.16. The van der Waals surface area contributed by atoms with E-state index in [1.54, 1.807) is 48.4 Å². The first-order chi connectivity index (χ1) is 14.0. The van der Waals surface area contributed by atoms with Gasteiger partial charge in [0.25, 0.3) is 5.91 Å². The zero-order chi connectivity index (χ0) is 20.8. The highest BCUT2D eigenvalue weighted by molar-refractivity contribution is 6.31. The van der Waals surface area contributed by atoms with Crippen LogP contribution in [0.1, 0.15) is 15.9 Å². The molecule has 0 radical (unpaired) electrons. The molecule has 2 aromatic carbocycles. The summed E-state index contributed by atoms with van der Waals surface area (Å²) in [7, 11) is 3.07. The van der Waals surface area contributed by atoms with Gasteiger partial charge in [0.2, 0.25) is 5.91 Å². The van der Waals surface area contributed by atoms with Crippen molar-refractivity contribution in [2.24, 2.45) is 0 Å². The number of nitrogens with one attached hydrogen (secondary N) is 1. The molecular weight excluding hydrogens is 394 g/mol. The first kappa shape index (κ1) is 20.3. The zero-order valence-electron chi connectivity index (χ0n) is 16.0. The maximum Gasteiger partial charge on any atom is 0.254 e. The fourth-order valence-corrected chi connectivity index (χ4v) is 2.90. The van der Waals surface area contributed by atoms with E-state index in [1.807, 2.05) is 12.1 Å². The molecule has 0 fully saturated rings. The number of nitrogens with zero attached hydrogens (tertiary/aromatic N) is 4. The molecule has 0 aliphatic rings. The van der Waals surface area contributed by atoms with Crippen molar-refractivity contribution in [3.8, 4) is 5.75 Å². The van der Waals surface area contributed by atoms with E-state index in [9.17, 15) is 9.59 Å². The van der Waals surface area contributed by atoms with E-state index in [-0.39, 0.29) is 18.4 Å². The Bertz CT molecular complexity index is 990. The van der Waals surface area contributed by atoms with Crippen LogP contribution in [-0.2, 0) is 11.3 Å². The summed E-state index contributed by atoms with van der Waals surface area (Å²) < 4.78 is 6.90. The number of amides is 2. The second kappa shape index (κ2) is 9.20. The zero-order valence-corrected chi connectivity index (χ0v) is 16.8. The molecule has 0 aliphatic heterocycles. The number of rotatable bonds is 7. The van der Waals surface area contributed by atoms with Gasteiger partial charge in [0.15, 0.2) is 0 Å². The summed E-state index contributed by atoms with van der Waals surface area (Å²) in [6, 6.07) is 12.1. The number of carbonyl (C=O) groups excluding carboxylic acids is 2. The van der Waals surface area contributed by atoms with Gasteiger partial charge in [-0.3, -0.25) is 9.59 Å². The van der Waals surface area contributed by atoms with Crippen molar-refractivity contribution >= 4 is 29.1 Å². The first-order valence-corrected chi connectivity index (χ1v) is 9.14. The van der Waals surface area contributed by atoms with Gasteiger partial charge in [-0.05, 0) is 35.9 Å². The predicted octanol–water partition coefficient (Wildman–Crippen LogP) is 2.70. The van der Waals surface area contributed by atoms with Crippen LogP contribution in [0, 0.1) is 0 Å². The molecule has 0 aliphatic carbocycles. The molecule has 1 heterocycles. The Morgan fingerprint density at radius 3 is 2.62 bits per heavy atom. The number of hydrogen-bond donors (Lipinski definition) is 1. The molecule has 0 unspecified atom stereocenters. The molecule has 1 aromatic heterocycles. The lowest BCUT2D eigenvalue weighted by Gasteiger charge is -2.18. The summed E-state index contributed by atoms with van der Waals surface area (Å²) in [5.41, 5.74) is 1.92. The monoisotopic (exact) mass is 413 g/mol. The Morgan fingerprint density at radius 1 is 1.21 bits per heavy atom. The van der Waals surface area contributed by atoms with E-state index in [1.165, 1.54) is 18.3 Å². The molecule has 1 N–H and O–H groups in total. The molecule has 3 aromatic rings. The second-order valence-corrected chi connectivity index (χ2v) is 6.78. The third-order valence-corrected chi connectivity index (χ3v) is 4.41. The average Bonchev–Trinajstić information content (AvgIpc) is 3.21. The second-order valence-electron chi connectivity index (χ2n) is 6.34. The van der Waals surface area contributed by atoms with Crippen LogP contribution in [0.3, 0.4) is 0 Å². The van der Waals surface area contributed by atoms with Gasteiger partial charge < -0.3 is 15.0 Å². The summed E-state index contributed by atoms with van der Waals surface area (Å²) in [6.07, 6.45) is 3.09. The number of methoxy groups -OCH3 is 1. The highest BCUT2D eigenvalue weighted by Crippen LogP contribution is 2.27. The van der Waals surface area contributed by atoms with Crippen molar-refractivity contribution in [1.29, 1.82) is 0 Å². The fourth-order valence-electron chi connectivity index (χ4n) is 2.73. The van der Waals surface area contributed by atoms with Gasteiger partial charge in [0.1, 0.15) is 18.4 Å². The van der Waals surface area contributed by atoms with Crippen molar-refractivity contribution in [3.63, 3.8) is 0 Å². The van der Waals surface area contributed by atoms with Crippen LogP contribution in [0.4, 0.5) is 5.69 Å². The number of anilines is 1. The maximum absolute atomic E-state index is 12.6. The number of benzene rings is 2. The number of carbonyl (C=O) groups is 2. The van der Waals surface area contributed by atoms with Crippen LogP contribution < -0.4 is 10.1 Å². The van der Waals surface area contributed by atoms with Crippen LogP contribution in [0.15, 0.2) is 55.1 Å². The Balaban J connectivity index is 1.60. The van der Waals surface area contributed by atoms with Gasteiger partial charge in [0, 0.05) is 17.6 Å². The SMILES string of the molecule is COc1ccc(Cl)cc1NC(=O)CN(C)C(=O)c1ccc(Cn2cncn2)cc1. The van der Waals surface area contributed by atoms with E-state index in [0.29, 0.717) is 28.6 Å². The number of halogens is 1. The molecule has 0 saturated heterocycles. The number of likely N-dealkylation sites (N-methyl/N-ethyl adjacent to an activating group) is 1. The molecule has 8 nitrogen and oxygen atoms in total. The highest BCUT2D eigenvalue weighted by atomic mass is 35.5. The summed E-state index contributed by atoms with van der Waals surface area (Å²) in [5.74, 6) is -0.130. The minimum absolute atomic E-state index is 0.116. The van der Waals surface area contributed by atoms with Crippen LogP contribution in [0.2, 0.25) is 5.02 Å². The van der Waals surface area contributed by atoms with Gasteiger partial charge in [-0.25, -0.2) is 9.67 Å². The lowest BCUT2D eigenvalue weighted by molar-refractivity contribution is -0.116. The van der Waals surface area contributed by atoms with Crippen LogP contribution in [0.25, 0.3) is 0 Å². The Hall–Kier alpha value is -3.39. The molecule has 29 heavy (non-hydrogen) atoms. The summed E-state index contributed by atoms with van der Waals surface area (Å²) in [4.78, 5) is 30.2. The topological polar surface area (TPSA) is 89.4 Å². The lowest BCUT2D eigenvalue weighted by atomic mass is 10.1. The van der Waals surface area contributed by atoms with Crippen molar-refractivity contribution < 1.29 is 14.3 Å². The van der Waals surface area contributed by atoms with Crippen molar-refractivity contribution in [2.45, 2.75) is 6.54 Å². The standard InChI is InChI=1S/C20H20ClN5O3/c1-25(11-19(27)24-17-9-16(21)7-8-18(17)29-2)20(28)15-5-3-14(4-6-15)10-26-13-22-12-23-26/h3-9,12-13H,10-11H2,1-2H3,(H,24,27). The van der Waals surface area contributed by atoms with Crippen LogP contribution >= 0.6 is 11.6 Å². The molecular formula is C20H20ClN5O3. The quantitative estimate of drug-likeness (QED) is 0.643. The number of hydrogen-bond acceptors (Lipinski definition) is 5. The van der Waals surface area contributed by atoms with E-state index in [0.717, 1.165) is 5.56 Å². The van der Waals surface area contributed by atoms with Gasteiger partial charge in [-0.2, -0.15) is 5.10 Å². The first-order valence-electron chi connectivity index (χ1n) is 8.76. The summed E-state index contributed by atoms with van der Waals surface area (Å²) in [6.45, 7) is 0.448. The van der Waals surface area contributed by atoms with Crippen LogP contribution in [0.5, 0.6) is 5.75 Å². The van der Waals surface area contributed by atoms with Crippen LogP contribution in [-0.4, -0.2) is 52.2 Å². The molecule has 0 atom stereocenters. The summed E-state index contributed by atoms with van der Waals surface area (Å²) in [5, 5.41) is 7.24. The van der Waals surface area contributed by atoms with Crippen molar-refractivity contribution in [1.82, 2.24) is 19.7 Å². The van der Waals surface area contributed by atoms with Gasteiger partial charge >= 0.3 is 0 Å². The van der Waals surface area contributed by atoms with Gasteiger partial charge in [0.05, 0.1) is 25.9 Å². The number of ether oxygens (including phenoxy) is 1. The van der Waals surface area contributed by atoms with E-state index >= 15 is 0 Å². The van der Waals surface area contributed by atoms with Gasteiger partial charge in [-0.15, -0.1) is 0 Å². The average molecular weight is 414 g/mol. The lowest BCUT2D eigenvalue weighted by Crippen LogP contribution is -2.35. The smallest absolute Gasteiger partial charge is 0.254 e. The molecule has 3 rings (SSSR count). The normalized spacial score (nSPS) is 10.4. The third kappa shape index (κ3) is 5.32. The Kier molecular flexibility index (Phi) is 6.46. The van der Waals surface area contributed by atoms with Crippen molar-refractivity contribution in [2.75, 3.05) is 26.0 Å². The maximum atomic E-state index is 12.6. The van der Waals surface area contributed by atoms with Gasteiger partial charge in [-0.1, -0.05) is 23.7 Å². The Morgan fingerprint density at radius 2 is 1.97 bits per heavy atom. The predicted molar refractivity (Wildman–Crippen MR) is 109 cm³/mol. The Labute approximate surface area is 173 Å².